The van der Waals surface area contributed by atoms with Crippen molar-refractivity contribution in [2.45, 2.75) is 26.1 Å². The second-order valence-electron chi connectivity index (χ2n) is 5.59. The van der Waals surface area contributed by atoms with Crippen LogP contribution in [0.4, 0.5) is 14.5 Å². The molecule has 2 aromatic carbocycles. The van der Waals surface area contributed by atoms with Crippen LogP contribution in [-0.4, -0.2) is 24.1 Å². The summed E-state index contributed by atoms with van der Waals surface area (Å²) < 4.78 is 37.1. The van der Waals surface area contributed by atoms with E-state index in [4.69, 9.17) is 14.7 Å². The number of benzene rings is 2. The number of nitrogens with zero attached hydrogens (tertiary/aromatic N) is 1. The molecule has 0 unspecified atom stereocenters. The highest BCUT2D eigenvalue weighted by Crippen LogP contribution is 2.17. The van der Waals surface area contributed by atoms with Crippen LogP contribution >= 0.6 is 0 Å². The van der Waals surface area contributed by atoms with Crippen molar-refractivity contribution in [2.75, 3.05) is 5.32 Å². The van der Waals surface area contributed by atoms with E-state index in [9.17, 15) is 18.4 Å². The van der Waals surface area contributed by atoms with Gasteiger partial charge in [0.05, 0.1) is 17.3 Å². The molecule has 0 aliphatic carbocycles. The van der Waals surface area contributed by atoms with Gasteiger partial charge in [-0.15, -0.1) is 0 Å². The molecular weight excluding hydrogens is 358 g/mol. The van der Waals surface area contributed by atoms with E-state index >= 15 is 0 Å². The van der Waals surface area contributed by atoms with Crippen LogP contribution in [0.5, 0.6) is 5.75 Å². The molecule has 0 aromatic heterocycles. The molecule has 0 heterocycles. The fourth-order valence-corrected chi connectivity index (χ4v) is 2.01. The van der Waals surface area contributed by atoms with Gasteiger partial charge in [0.2, 0.25) is 0 Å². The number of esters is 1. The van der Waals surface area contributed by atoms with Crippen molar-refractivity contribution in [3.8, 4) is 11.8 Å². The topological polar surface area (TPSA) is 88.4 Å². The smallest absolute Gasteiger partial charge is 0.347 e. The molecule has 2 aromatic rings. The number of nitrogens with one attached hydrogen (secondary N) is 1. The summed E-state index contributed by atoms with van der Waals surface area (Å²) in [7, 11) is 0. The third-order valence-electron chi connectivity index (χ3n) is 3.48. The van der Waals surface area contributed by atoms with Gasteiger partial charge in [-0.1, -0.05) is 0 Å². The first-order valence-corrected chi connectivity index (χ1v) is 7.93. The minimum absolute atomic E-state index is 0.345. The lowest BCUT2D eigenvalue weighted by Gasteiger charge is -2.18. The van der Waals surface area contributed by atoms with E-state index in [2.05, 4.69) is 5.32 Å². The second-order valence-corrected chi connectivity index (χ2v) is 5.59. The lowest BCUT2D eigenvalue weighted by Crippen LogP contribution is -2.35. The third kappa shape index (κ3) is 5.51. The fourth-order valence-electron chi connectivity index (χ4n) is 2.01. The average Bonchev–Trinajstić information content (AvgIpc) is 2.65. The Hall–Kier alpha value is -3.47. The number of carbonyl (C=O) groups is 2. The zero-order valence-corrected chi connectivity index (χ0v) is 14.5. The molecule has 27 heavy (non-hydrogen) atoms. The number of halogens is 2. The largest absolute Gasteiger partial charge is 0.479 e. The zero-order valence-electron chi connectivity index (χ0n) is 14.5. The van der Waals surface area contributed by atoms with Crippen LogP contribution in [0.25, 0.3) is 0 Å². The van der Waals surface area contributed by atoms with Crippen molar-refractivity contribution in [3.63, 3.8) is 0 Å². The highest BCUT2D eigenvalue weighted by Gasteiger charge is 2.24. The maximum absolute atomic E-state index is 13.6. The summed E-state index contributed by atoms with van der Waals surface area (Å²) in [5.74, 6) is -2.83. The Morgan fingerprint density at radius 1 is 1.07 bits per heavy atom. The molecule has 0 radical (unpaired) electrons. The van der Waals surface area contributed by atoms with Crippen molar-refractivity contribution in [3.05, 3.63) is 59.7 Å². The van der Waals surface area contributed by atoms with Crippen LogP contribution in [0.1, 0.15) is 19.4 Å². The molecule has 0 saturated carbocycles. The Bertz CT molecular complexity index is 878. The lowest BCUT2D eigenvalue weighted by molar-refractivity contribution is -0.159. The first-order valence-electron chi connectivity index (χ1n) is 7.93. The summed E-state index contributed by atoms with van der Waals surface area (Å²) in [6, 6.07) is 10.6. The Balaban J connectivity index is 1.92. The minimum atomic E-state index is -1.26. The van der Waals surface area contributed by atoms with Gasteiger partial charge in [-0.3, -0.25) is 4.79 Å². The minimum Gasteiger partial charge on any atom is -0.479 e. The van der Waals surface area contributed by atoms with Crippen molar-refractivity contribution in [1.29, 1.82) is 5.26 Å². The molecule has 0 spiro atoms. The van der Waals surface area contributed by atoms with Gasteiger partial charge in [-0.05, 0) is 50.2 Å². The van der Waals surface area contributed by atoms with E-state index in [1.807, 2.05) is 6.07 Å². The van der Waals surface area contributed by atoms with Crippen molar-refractivity contribution in [2.24, 2.45) is 0 Å². The third-order valence-corrected chi connectivity index (χ3v) is 3.48. The van der Waals surface area contributed by atoms with Gasteiger partial charge in [0, 0.05) is 6.07 Å². The molecule has 2 rings (SSSR count). The second kappa shape index (κ2) is 8.76. The van der Waals surface area contributed by atoms with E-state index in [-0.39, 0.29) is 5.69 Å². The van der Waals surface area contributed by atoms with Gasteiger partial charge in [-0.25, -0.2) is 13.6 Å². The van der Waals surface area contributed by atoms with Crippen LogP contribution in [0.2, 0.25) is 0 Å². The van der Waals surface area contributed by atoms with Crippen LogP contribution < -0.4 is 10.1 Å². The normalized spacial score (nSPS) is 12.4. The number of nitriles is 1. The molecule has 8 heteroatoms. The summed E-state index contributed by atoms with van der Waals surface area (Å²) in [6.45, 7) is 2.72. The van der Waals surface area contributed by atoms with Gasteiger partial charge in [-0.2, -0.15) is 5.26 Å². The van der Waals surface area contributed by atoms with Gasteiger partial charge in [0.15, 0.2) is 12.2 Å². The molecule has 140 valence electrons. The summed E-state index contributed by atoms with van der Waals surface area (Å²) in [5, 5.41) is 10.9. The van der Waals surface area contributed by atoms with Crippen molar-refractivity contribution in [1.82, 2.24) is 0 Å². The van der Waals surface area contributed by atoms with Crippen molar-refractivity contribution < 1.29 is 27.8 Å². The first kappa shape index (κ1) is 19.8. The maximum Gasteiger partial charge on any atom is 0.347 e. The van der Waals surface area contributed by atoms with Crippen LogP contribution in [0.15, 0.2) is 42.5 Å². The molecule has 1 N–H and O–H groups in total. The van der Waals surface area contributed by atoms with Gasteiger partial charge < -0.3 is 14.8 Å². The SMILES string of the molecule is C[C@H](Oc1ccc(C#N)cc1)C(=O)O[C@H](C)C(=O)Nc1cc(F)ccc1F. The molecule has 6 nitrogen and oxygen atoms in total. The summed E-state index contributed by atoms with van der Waals surface area (Å²) in [4.78, 5) is 24.1. The fraction of sp³-hybridized carbons (Fsp3) is 0.211. The Morgan fingerprint density at radius 2 is 1.74 bits per heavy atom. The molecule has 0 fully saturated rings. The van der Waals surface area contributed by atoms with E-state index < -0.39 is 35.7 Å². The lowest BCUT2D eigenvalue weighted by atomic mass is 10.2. The van der Waals surface area contributed by atoms with E-state index in [1.54, 1.807) is 0 Å². The Kier molecular flexibility index (Phi) is 6.44. The number of hydrogen-bond acceptors (Lipinski definition) is 5. The summed E-state index contributed by atoms with van der Waals surface area (Å²) >= 11 is 0. The van der Waals surface area contributed by atoms with Crippen LogP contribution in [0.3, 0.4) is 0 Å². The average molecular weight is 374 g/mol. The standard InChI is InChI=1S/C19H16F2N2O4/c1-11(18(24)23-17-9-14(20)5-8-16(17)21)27-19(25)12(2)26-15-6-3-13(10-22)4-7-15/h3-9,11-12H,1-2H3,(H,23,24)/t11-,12+/m1/s1. The molecule has 0 saturated heterocycles. The van der Waals surface area contributed by atoms with Gasteiger partial charge >= 0.3 is 5.97 Å². The summed E-state index contributed by atoms with van der Waals surface area (Å²) in [6.07, 6.45) is -2.29. The highest BCUT2D eigenvalue weighted by atomic mass is 19.1. The number of amides is 1. The number of carbonyl (C=O) groups excluding carboxylic acids is 2. The number of anilines is 1. The summed E-state index contributed by atoms with van der Waals surface area (Å²) in [5.41, 5.74) is 0.0808. The van der Waals surface area contributed by atoms with E-state index in [0.29, 0.717) is 11.3 Å². The monoisotopic (exact) mass is 374 g/mol. The number of hydrogen-bond donors (Lipinski definition) is 1. The molecule has 0 aliphatic heterocycles. The van der Waals surface area contributed by atoms with Gasteiger partial charge in [0.1, 0.15) is 17.4 Å². The first-order chi connectivity index (χ1) is 12.8. The Labute approximate surface area is 154 Å². The molecular formula is C19H16F2N2O4. The Morgan fingerprint density at radius 3 is 2.37 bits per heavy atom. The quantitative estimate of drug-likeness (QED) is 0.785. The zero-order chi connectivity index (χ0) is 20.0. The predicted octanol–water partition coefficient (Wildman–Crippen LogP) is 3.17. The predicted molar refractivity (Wildman–Crippen MR) is 91.8 cm³/mol. The number of rotatable bonds is 6. The van der Waals surface area contributed by atoms with E-state index in [1.165, 1.54) is 38.1 Å². The number of ether oxygens (including phenoxy) is 2. The van der Waals surface area contributed by atoms with Gasteiger partial charge in [0.25, 0.3) is 5.91 Å². The van der Waals surface area contributed by atoms with Crippen molar-refractivity contribution >= 4 is 17.6 Å². The molecule has 0 bridgehead atoms. The van der Waals surface area contributed by atoms with E-state index in [0.717, 1.165) is 18.2 Å². The highest BCUT2D eigenvalue weighted by molar-refractivity contribution is 5.95. The molecule has 2 atom stereocenters. The molecule has 1 amide bonds. The maximum atomic E-state index is 13.6. The molecule has 0 aliphatic rings. The van der Waals surface area contributed by atoms with Crippen LogP contribution in [0, 0.1) is 23.0 Å². The van der Waals surface area contributed by atoms with Crippen LogP contribution in [-0.2, 0) is 14.3 Å².